The number of rotatable bonds is 14. The Hall–Kier alpha value is -0.930. The molecule has 0 bridgehead atoms. The summed E-state index contributed by atoms with van der Waals surface area (Å²) in [5, 5.41) is 13.6. The van der Waals surface area contributed by atoms with Gasteiger partial charge < -0.3 is 15.3 Å². The molecule has 1 atom stereocenters. The van der Waals surface area contributed by atoms with E-state index in [9.17, 15) is 13.5 Å². The zero-order valence-electron chi connectivity index (χ0n) is 21.7. The molecule has 0 heterocycles. The first kappa shape index (κ1) is 33.1. The van der Waals surface area contributed by atoms with Crippen LogP contribution in [-0.2, 0) is 29.1 Å². The summed E-state index contributed by atoms with van der Waals surface area (Å²) < 4.78 is 23.1. The summed E-state index contributed by atoms with van der Waals surface area (Å²) in [5.41, 5.74) is 3.65. The molecule has 0 unspecified atom stereocenters. The van der Waals surface area contributed by atoms with Gasteiger partial charge in [-0.15, -0.1) is 34.0 Å². The highest BCUT2D eigenvalue weighted by molar-refractivity contribution is 8.93. The van der Waals surface area contributed by atoms with Crippen LogP contribution in [0.4, 0.5) is 0 Å². The van der Waals surface area contributed by atoms with Crippen molar-refractivity contribution in [1.82, 2.24) is 10.2 Å². The van der Waals surface area contributed by atoms with E-state index >= 15 is 0 Å². The molecule has 8 heteroatoms. The first-order valence-electron chi connectivity index (χ1n) is 12.9. The normalized spacial score (nSPS) is 15.1. The number of hydrogen-bond donors (Lipinski definition) is 2. The van der Waals surface area contributed by atoms with E-state index in [1.165, 1.54) is 50.5 Å². The summed E-state index contributed by atoms with van der Waals surface area (Å²) in [5.74, 6) is 0.469. The molecule has 36 heavy (non-hydrogen) atoms. The molecule has 2 aromatic rings. The van der Waals surface area contributed by atoms with Crippen LogP contribution in [0.25, 0.3) is 0 Å². The zero-order chi connectivity index (χ0) is 24.4. The van der Waals surface area contributed by atoms with Gasteiger partial charge in [0.1, 0.15) is 5.75 Å². The molecule has 1 aliphatic rings. The summed E-state index contributed by atoms with van der Waals surface area (Å²) in [6, 6.07) is 13.8. The van der Waals surface area contributed by atoms with Crippen LogP contribution in [0.15, 0.2) is 47.4 Å². The van der Waals surface area contributed by atoms with E-state index in [1.54, 1.807) is 12.1 Å². The molecule has 0 radical (unpaired) electrons. The van der Waals surface area contributed by atoms with E-state index in [4.69, 9.17) is 0 Å². The minimum atomic E-state index is -3.12. The third-order valence-electron chi connectivity index (χ3n) is 6.95. The predicted molar refractivity (Wildman–Crippen MR) is 161 cm³/mol. The van der Waals surface area contributed by atoms with Crippen molar-refractivity contribution >= 4 is 43.8 Å². The minimum Gasteiger partial charge on any atom is -0.508 e. The van der Waals surface area contributed by atoms with Crippen molar-refractivity contribution in [2.75, 3.05) is 32.4 Å². The molecule has 2 aromatic carbocycles. The standard InChI is InChI=1S/C28H42N2O3S.2BrH/c1-3-20-30(25-13-16-27-24(22-25)9-8-10-28(27)31)21-7-5-4-6-18-29-19-17-23-11-14-26(15-12-23)34(2,32)33;;/h8-12,14-15,25,29,31H,3-7,13,16-22H2,1-2H3;2*1H/t25-;;/m0../s1. The highest BCUT2D eigenvalue weighted by atomic mass is 79.9. The Kier molecular flexibility index (Phi) is 15.5. The average Bonchev–Trinajstić information content (AvgIpc) is 2.82. The van der Waals surface area contributed by atoms with Crippen LogP contribution in [0, 0.1) is 0 Å². The molecule has 1 aliphatic carbocycles. The van der Waals surface area contributed by atoms with Crippen LogP contribution in [-0.4, -0.2) is 56.9 Å². The van der Waals surface area contributed by atoms with Crippen LogP contribution in [0.1, 0.15) is 62.1 Å². The maximum atomic E-state index is 11.5. The van der Waals surface area contributed by atoms with E-state index in [1.807, 2.05) is 24.3 Å². The van der Waals surface area contributed by atoms with Gasteiger partial charge >= 0.3 is 0 Å². The van der Waals surface area contributed by atoms with Gasteiger partial charge in [-0.1, -0.05) is 44.0 Å². The summed E-state index contributed by atoms with van der Waals surface area (Å²) >= 11 is 0. The lowest BCUT2D eigenvalue weighted by molar-refractivity contribution is 0.175. The summed E-state index contributed by atoms with van der Waals surface area (Å²) in [7, 11) is -3.12. The smallest absolute Gasteiger partial charge is 0.175 e. The third-order valence-corrected chi connectivity index (χ3v) is 8.08. The molecular weight excluding hydrogens is 604 g/mol. The molecular formula is C28H44Br2N2O3S. The first-order chi connectivity index (χ1) is 16.4. The van der Waals surface area contributed by atoms with E-state index in [0.717, 1.165) is 56.4 Å². The minimum absolute atomic E-state index is 0. The lowest BCUT2D eigenvalue weighted by Gasteiger charge is -2.35. The monoisotopic (exact) mass is 646 g/mol. The largest absolute Gasteiger partial charge is 0.508 e. The summed E-state index contributed by atoms with van der Waals surface area (Å²) in [4.78, 5) is 3.06. The number of aromatic hydroxyl groups is 1. The number of nitrogens with zero attached hydrogens (tertiary/aromatic N) is 1. The molecule has 0 amide bonds. The molecule has 2 N–H and O–H groups in total. The van der Waals surface area contributed by atoms with Crippen molar-refractivity contribution in [3.05, 3.63) is 59.2 Å². The number of phenolic OH excluding ortho intramolecular Hbond substituents is 1. The molecule has 0 saturated carbocycles. The Balaban J connectivity index is 0.00000324. The van der Waals surface area contributed by atoms with E-state index in [2.05, 4.69) is 23.2 Å². The Morgan fingerprint density at radius 3 is 2.39 bits per heavy atom. The van der Waals surface area contributed by atoms with Crippen LogP contribution < -0.4 is 5.32 Å². The Bertz CT molecular complexity index is 1000. The van der Waals surface area contributed by atoms with Crippen molar-refractivity contribution in [2.24, 2.45) is 0 Å². The number of fused-ring (bicyclic) bond motifs is 1. The topological polar surface area (TPSA) is 69.6 Å². The van der Waals surface area contributed by atoms with E-state index in [-0.39, 0.29) is 34.0 Å². The Labute approximate surface area is 239 Å². The van der Waals surface area contributed by atoms with Gasteiger partial charge in [-0.2, -0.15) is 0 Å². The fourth-order valence-corrected chi connectivity index (χ4v) is 5.65. The van der Waals surface area contributed by atoms with Gasteiger partial charge in [-0.25, -0.2) is 8.42 Å². The Morgan fingerprint density at radius 2 is 1.69 bits per heavy atom. The van der Waals surface area contributed by atoms with Gasteiger partial charge in [0.05, 0.1) is 4.90 Å². The molecule has 0 saturated heterocycles. The van der Waals surface area contributed by atoms with Crippen molar-refractivity contribution in [3.8, 4) is 5.75 Å². The van der Waals surface area contributed by atoms with E-state index in [0.29, 0.717) is 16.7 Å². The lowest BCUT2D eigenvalue weighted by Crippen LogP contribution is -2.40. The second-order valence-corrected chi connectivity index (χ2v) is 11.7. The number of benzene rings is 2. The quantitative estimate of drug-likeness (QED) is 0.250. The van der Waals surface area contributed by atoms with Crippen LogP contribution >= 0.6 is 34.0 Å². The number of sulfone groups is 1. The van der Waals surface area contributed by atoms with E-state index < -0.39 is 9.84 Å². The van der Waals surface area contributed by atoms with Gasteiger partial charge in [0.2, 0.25) is 0 Å². The van der Waals surface area contributed by atoms with Crippen molar-refractivity contribution in [1.29, 1.82) is 0 Å². The Morgan fingerprint density at radius 1 is 0.972 bits per heavy atom. The number of phenols is 1. The summed E-state index contributed by atoms with van der Waals surface area (Å²) in [6.07, 6.45) is 11.5. The highest BCUT2D eigenvalue weighted by Gasteiger charge is 2.24. The zero-order valence-corrected chi connectivity index (χ0v) is 26.0. The fraction of sp³-hybridized carbons (Fsp3) is 0.571. The van der Waals surface area contributed by atoms with Crippen molar-refractivity contribution in [3.63, 3.8) is 0 Å². The second kappa shape index (κ2) is 16.8. The predicted octanol–water partition coefficient (Wildman–Crippen LogP) is 5.91. The maximum absolute atomic E-state index is 11.5. The molecule has 204 valence electrons. The highest BCUT2D eigenvalue weighted by Crippen LogP contribution is 2.30. The molecule has 0 spiro atoms. The van der Waals surface area contributed by atoms with Crippen LogP contribution in [0.3, 0.4) is 0 Å². The molecule has 3 rings (SSSR count). The van der Waals surface area contributed by atoms with Gasteiger partial charge in [0, 0.05) is 12.3 Å². The summed E-state index contributed by atoms with van der Waals surface area (Å²) in [6.45, 7) is 6.54. The van der Waals surface area contributed by atoms with Crippen molar-refractivity contribution < 1.29 is 13.5 Å². The van der Waals surface area contributed by atoms with Gasteiger partial charge in [0.25, 0.3) is 0 Å². The lowest BCUT2D eigenvalue weighted by atomic mass is 9.86. The van der Waals surface area contributed by atoms with Crippen LogP contribution in [0.5, 0.6) is 5.75 Å². The average molecular weight is 649 g/mol. The SMILES string of the molecule is Br.Br.CCCN(CCCCCCNCCc1ccc(S(C)(=O)=O)cc1)[C@H]1CCc2c(O)cccc2C1. The number of hydrogen-bond acceptors (Lipinski definition) is 5. The van der Waals surface area contributed by atoms with Crippen LogP contribution in [0.2, 0.25) is 0 Å². The number of unbranched alkanes of at least 4 members (excludes halogenated alkanes) is 3. The molecule has 0 aliphatic heterocycles. The van der Waals surface area contributed by atoms with Gasteiger partial charge in [-0.3, -0.25) is 0 Å². The molecule has 0 fully saturated rings. The van der Waals surface area contributed by atoms with Gasteiger partial charge in [-0.05, 0) is 106 Å². The molecule has 0 aromatic heterocycles. The third kappa shape index (κ3) is 10.4. The first-order valence-corrected chi connectivity index (χ1v) is 14.8. The number of nitrogens with one attached hydrogen (secondary N) is 1. The second-order valence-electron chi connectivity index (χ2n) is 9.68. The fourth-order valence-electron chi connectivity index (χ4n) is 5.02. The maximum Gasteiger partial charge on any atom is 0.175 e. The van der Waals surface area contributed by atoms with Gasteiger partial charge in [0.15, 0.2) is 9.84 Å². The molecule has 5 nitrogen and oxygen atoms in total. The van der Waals surface area contributed by atoms with Crippen molar-refractivity contribution in [2.45, 2.75) is 75.6 Å². The number of halogens is 2.